The molecule has 0 bridgehead atoms. The molecule has 2 N–H and O–H groups in total. The van der Waals surface area contributed by atoms with E-state index in [1.54, 1.807) is 0 Å². The summed E-state index contributed by atoms with van der Waals surface area (Å²) in [5.74, 6) is 3.73. The topological polar surface area (TPSA) is 85.6 Å². The molecule has 8 nitrogen and oxygen atoms in total. The zero-order valence-corrected chi connectivity index (χ0v) is 20.7. The van der Waals surface area contributed by atoms with Gasteiger partial charge >= 0.3 is 0 Å². The largest absolute Gasteiger partial charge is 0.488 e. The second-order valence-corrected chi connectivity index (χ2v) is 7.90. The Kier molecular flexibility index (Phi) is 8.94. The van der Waals surface area contributed by atoms with Crippen LogP contribution in [-0.4, -0.2) is 46.6 Å². The van der Waals surface area contributed by atoms with E-state index in [9.17, 15) is 0 Å². The second-order valence-electron chi connectivity index (χ2n) is 7.90. The molecule has 4 rings (SSSR count). The van der Waals surface area contributed by atoms with Gasteiger partial charge in [0.1, 0.15) is 17.7 Å². The molecule has 1 aromatic heterocycles. The predicted molar refractivity (Wildman–Crippen MR) is 131 cm³/mol. The van der Waals surface area contributed by atoms with E-state index >= 15 is 0 Å². The van der Waals surface area contributed by atoms with E-state index in [-0.39, 0.29) is 30.1 Å². The molecule has 1 fully saturated rings. The normalized spacial score (nSPS) is 18.3. The lowest BCUT2D eigenvalue weighted by Crippen LogP contribution is -2.37. The van der Waals surface area contributed by atoms with Crippen LogP contribution in [-0.2, 0) is 30.8 Å². The summed E-state index contributed by atoms with van der Waals surface area (Å²) < 4.78 is 13.9. The van der Waals surface area contributed by atoms with Gasteiger partial charge in [-0.15, -0.1) is 34.2 Å². The highest BCUT2D eigenvalue weighted by atomic mass is 127. The van der Waals surface area contributed by atoms with E-state index in [2.05, 4.69) is 57.4 Å². The van der Waals surface area contributed by atoms with Crippen LogP contribution in [0.25, 0.3) is 0 Å². The maximum Gasteiger partial charge on any atom is 0.191 e. The van der Waals surface area contributed by atoms with Gasteiger partial charge < -0.3 is 24.7 Å². The Morgan fingerprint density at radius 3 is 3.00 bits per heavy atom. The number of aromatic nitrogens is 3. The molecule has 1 saturated heterocycles. The Morgan fingerprint density at radius 2 is 2.19 bits per heavy atom. The predicted octanol–water partition coefficient (Wildman–Crippen LogP) is 2.96. The van der Waals surface area contributed by atoms with Crippen molar-refractivity contribution in [2.45, 2.75) is 65.3 Å². The highest BCUT2D eigenvalue weighted by molar-refractivity contribution is 14.0. The number of rotatable bonds is 7. The van der Waals surface area contributed by atoms with Gasteiger partial charge in [-0.1, -0.05) is 12.1 Å². The van der Waals surface area contributed by atoms with Crippen molar-refractivity contribution in [3.05, 3.63) is 41.0 Å². The van der Waals surface area contributed by atoms with E-state index < -0.39 is 0 Å². The first-order valence-electron chi connectivity index (χ1n) is 11.0. The van der Waals surface area contributed by atoms with Gasteiger partial charge in [0.05, 0.1) is 26.3 Å². The number of nitrogens with zero attached hydrogens (tertiary/aromatic N) is 4. The molecule has 0 aliphatic carbocycles. The van der Waals surface area contributed by atoms with E-state index in [4.69, 9.17) is 14.5 Å². The molecular weight excluding hydrogens is 507 g/mol. The third kappa shape index (κ3) is 6.31. The molecule has 1 atom stereocenters. The number of aliphatic imine (C=N–C) groups is 1. The van der Waals surface area contributed by atoms with Crippen LogP contribution in [0.4, 0.5) is 0 Å². The molecule has 0 spiro atoms. The number of ether oxygens (including phenoxy) is 2. The number of aryl methyl sites for hydroxylation is 2. The summed E-state index contributed by atoms with van der Waals surface area (Å²) in [7, 11) is 0. The van der Waals surface area contributed by atoms with Gasteiger partial charge in [-0.3, -0.25) is 0 Å². The van der Waals surface area contributed by atoms with E-state index in [1.807, 2.05) is 0 Å². The monoisotopic (exact) mass is 540 g/mol. The maximum atomic E-state index is 6.20. The van der Waals surface area contributed by atoms with Crippen molar-refractivity contribution in [2.75, 3.05) is 19.8 Å². The van der Waals surface area contributed by atoms with Crippen LogP contribution in [0.1, 0.15) is 49.0 Å². The summed E-state index contributed by atoms with van der Waals surface area (Å²) in [6.45, 7) is 8.51. The van der Waals surface area contributed by atoms with Crippen LogP contribution < -0.4 is 15.4 Å². The molecule has 31 heavy (non-hydrogen) atoms. The number of benzene rings is 1. The Morgan fingerprint density at radius 1 is 1.29 bits per heavy atom. The molecule has 3 heterocycles. The lowest BCUT2D eigenvalue weighted by Gasteiger charge is -2.17. The number of halogens is 1. The van der Waals surface area contributed by atoms with Crippen molar-refractivity contribution < 1.29 is 9.47 Å². The third-order valence-corrected chi connectivity index (χ3v) is 5.51. The van der Waals surface area contributed by atoms with Gasteiger partial charge in [0.2, 0.25) is 0 Å². The zero-order chi connectivity index (χ0) is 20.8. The van der Waals surface area contributed by atoms with Crippen LogP contribution >= 0.6 is 24.0 Å². The summed E-state index contributed by atoms with van der Waals surface area (Å²) in [5.41, 5.74) is 2.25. The smallest absolute Gasteiger partial charge is 0.191 e. The Hall–Kier alpha value is -1.88. The minimum atomic E-state index is 0. The molecule has 1 aromatic carbocycles. The van der Waals surface area contributed by atoms with Crippen molar-refractivity contribution in [1.82, 2.24) is 25.4 Å². The quantitative estimate of drug-likeness (QED) is 0.319. The van der Waals surface area contributed by atoms with E-state index in [1.165, 1.54) is 18.4 Å². The average molecular weight is 540 g/mol. The number of fused-ring (bicyclic) bond motifs is 1. The van der Waals surface area contributed by atoms with Gasteiger partial charge in [-0.25, -0.2) is 4.99 Å². The minimum Gasteiger partial charge on any atom is -0.488 e. The summed E-state index contributed by atoms with van der Waals surface area (Å²) in [5, 5.41) is 15.4. The van der Waals surface area contributed by atoms with Crippen molar-refractivity contribution in [3.8, 4) is 5.75 Å². The van der Waals surface area contributed by atoms with Crippen LogP contribution in [0.2, 0.25) is 0 Å². The van der Waals surface area contributed by atoms with Gasteiger partial charge in [0.15, 0.2) is 11.8 Å². The van der Waals surface area contributed by atoms with Crippen molar-refractivity contribution in [1.29, 1.82) is 0 Å². The summed E-state index contributed by atoms with van der Waals surface area (Å²) >= 11 is 0. The van der Waals surface area contributed by atoms with Gasteiger partial charge in [0, 0.05) is 31.5 Å². The van der Waals surface area contributed by atoms with Gasteiger partial charge in [0.25, 0.3) is 0 Å². The minimum absolute atomic E-state index is 0. The fourth-order valence-corrected chi connectivity index (χ4v) is 3.86. The summed E-state index contributed by atoms with van der Waals surface area (Å²) in [6.07, 6.45) is 4.46. The van der Waals surface area contributed by atoms with Gasteiger partial charge in [-0.05, 0) is 38.3 Å². The molecule has 2 aliphatic rings. The molecule has 170 valence electrons. The third-order valence-electron chi connectivity index (χ3n) is 5.51. The van der Waals surface area contributed by atoms with Crippen molar-refractivity contribution in [3.63, 3.8) is 0 Å². The lowest BCUT2D eigenvalue weighted by molar-refractivity contribution is 0.140. The number of nitrogens with one attached hydrogen (secondary N) is 2. The SMILES string of the molecule is CCNC(=NCc1ccc(C)cc1OC1CCOC1)NCc1nnc2n1CCCC2.I. The molecule has 0 saturated carbocycles. The zero-order valence-electron chi connectivity index (χ0n) is 18.4. The molecular formula is C22H33IN6O2. The van der Waals surface area contributed by atoms with Crippen molar-refractivity contribution >= 4 is 29.9 Å². The van der Waals surface area contributed by atoms with E-state index in [0.29, 0.717) is 19.7 Å². The molecule has 0 radical (unpaired) electrons. The van der Waals surface area contributed by atoms with Crippen LogP contribution in [0.3, 0.4) is 0 Å². The first kappa shape index (κ1) is 23.8. The first-order valence-corrected chi connectivity index (χ1v) is 11.0. The maximum absolute atomic E-state index is 6.20. The Labute approximate surface area is 201 Å². The van der Waals surface area contributed by atoms with Gasteiger partial charge in [-0.2, -0.15) is 0 Å². The first-order chi connectivity index (χ1) is 14.7. The highest BCUT2D eigenvalue weighted by Gasteiger charge is 2.19. The number of hydrogen-bond acceptors (Lipinski definition) is 5. The Balaban J connectivity index is 0.00000272. The van der Waals surface area contributed by atoms with E-state index in [0.717, 1.165) is 61.5 Å². The number of guanidine groups is 1. The molecule has 9 heteroatoms. The molecule has 1 unspecified atom stereocenters. The molecule has 0 amide bonds. The second kappa shape index (κ2) is 11.7. The standard InChI is InChI=1S/C22H32N6O2.HI/c1-3-23-22(25-14-21-27-26-20-6-4-5-10-28(20)21)24-13-17-8-7-16(2)12-19(17)30-18-9-11-29-15-18;/h7-8,12,18H,3-6,9-11,13-15H2,1-2H3,(H2,23,24,25);1H. The van der Waals surface area contributed by atoms with Crippen LogP contribution in [0, 0.1) is 6.92 Å². The average Bonchev–Trinajstić information content (AvgIpc) is 3.41. The number of hydrogen-bond donors (Lipinski definition) is 2. The van der Waals surface area contributed by atoms with Crippen molar-refractivity contribution in [2.24, 2.45) is 4.99 Å². The summed E-state index contributed by atoms with van der Waals surface area (Å²) in [6, 6.07) is 6.29. The highest BCUT2D eigenvalue weighted by Crippen LogP contribution is 2.24. The fraction of sp³-hybridized carbons (Fsp3) is 0.591. The summed E-state index contributed by atoms with van der Waals surface area (Å²) in [4.78, 5) is 4.79. The molecule has 2 aromatic rings. The molecule has 2 aliphatic heterocycles. The Bertz CT molecular complexity index is 879. The fourth-order valence-electron chi connectivity index (χ4n) is 3.86. The van der Waals surface area contributed by atoms with Crippen LogP contribution in [0.5, 0.6) is 5.75 Å². The van der Waals surface area contributed by atoms with Crippen LogP contribution in [0.15, 0.2) is 23.2 Å². The lowest BCUT2D eigenvalue weighted by atomic mass is 10.1.